The van der Waals surface area contributed by atoms with E-state index in [1.165, 1.54) is 0 Å². The van der Waals surface area contributed by atoms with Gasteiger partial charge in [0.1, 0.15) is 0 Å². The Kier molecular flexibility index (Phi) is 5.98. The van der Waals surface area contributed by atoms with Gasteiger partial charge >= 0.3 is 5.97 Å². The number of carboxylic acids is 1. The number of rotatable bonds is 9. The third kappa shape index (κ3) is 4.51. The van der Waals surface area contributed by atoms with Gasteiger partial charge in [0, 0.05) is 25.4 Å². The Balaban J connectivity index is 2.27. The van der Waals surface area contributed by atoms with E-state index in [1.54, 1.807) is 13.8 Å². The molecule has 6 heteroatoms. The number of amides is 2. The van der Waals surface area contributed by atoms with Crippen molar-refractivity contribution < 1.29 is 19.5 Å². The molecule has 1 rings (SSSR count). The highest BCUT2D eigenvalue weighted by molar-refractivity contribution is 5.85. The molecule has 0 bridgehead atoms. The van der Waals surface area contributed by atoms with Crippen LogP contribution in [-0.2, 0) is 14.4 Å². The number of carboxylic acid groups (broad SMARTS) is 1. The minimum Gasteiger partial charge on any atom is -0.481 e. The maximum Gasteiger partial charge on any atom is 0.310 e. The SMILES string of the molecule is CCC(CC)(CC(=O)NCCNC(=O)C1CC1)C(=O)O. The lowest BCUT2D eigenvalue weighted by Gasteiger charge is -2.25. The molecule has 0 spiro atoms. The van der Waals surface area contributed by atoms with E-state index in [0.29, 0.717) is 25.9 Å². The van der Waals surface area contributed by atoms with Crippen LogP contribution in [0.25, 0.3) is 0 Å². The molecule has 0 atom stereocenters. The van der Waals surface area contributed by atoms with Gasteiger partial charge < -0.3 is 15.7 Å². The molecule has 0 saturated heterocycles. The number of hydrogen-bond acceptors (Lipinski definition) is 3. The highest BCUT2D eigenvalue weighted by atomic mass is 16.4. The molecule has 0 heterocycles. The quantitative estimate of drug-likeness (QED) is 0.548. The van der Waals surface area contributed by atoms with Gasteiger partial charge in [-0.3, -0.25) is 14.4 Å². The fraction of sp³-hybridized carbons (Fsp3) is 0.786. The molecule has 0 aromatic heterocycles. The lowest BCUT2D eigenvalue weighted by molar-refractivity contribution is -0.152. The van der Waals surface area contributed by atoms with Crippen LogP contribution in [0.4, 0.5) is 0 Å². The van der Waals surface area contributed by atoms with Crippen LogP contribution in [0.3, 0.4) is 0 Å². The zero-order chi connectivity index (χ0) is 15.2. The standard InChI is InChI=1S/C14H24N2O4/c1-3-14(4-2,13(19)20)9-11(17)15-7-8-16-12(18)10-5-6-10/h10H,3-9H2,1-2H3,(H,15,17)(H,16,18)(H,19,20). The summed E-state index contributed by atoms with van der Waals surface area (Å²) in [4.78, 5) is 34.4. The number of carbonyl (C=O) groups is 3. The van der Waals surface area contributed by atoms with Gasteiger partial charge in [0.15, 0.2) is 0 Å². The van der Waals surface area contributed by atoms with Gasteiger partial charge in [0.2, 0.25) is 11.8 Å². The molecule has 3 N–H and O–H groups in total. The van der Waals surface area contributed by atoms with Crippen LogP contribution < -0.4 is 10.6 Å². The average Bonchev–Trinajstić information content (AvgIpc) is 3.25. The van der Waals surface area contributed by atoms with Gasteiger partial charge in [-0.1, -0.05) is 13.8 Å². The first-order valence-corrected chi connectivity index (χ1v) is 7.23. The van der Waals surface area contributed by atoms with Gasteiger partial charge in [0.05, 0.1) is 5.41 Å². The molecule has 1 fully saturated rings. The van der Waals surface area contributed by atoms with E-state index < -0.39 is 11.4 Å². The predicted molar refractivity (Wildman–Crippen MR) is 74.0 cm³/mol. The lowest BCUT2D eigenvalue weighted by Crippen LogP contribution is -2.40. The predicted octanol–water partition coefficient (Wildman–Crippen LogP) is 0.910. The van der Waals surface area contributed by atoms with E-state index in [1.807, 2.05) is 0 Å². The normalized spacial score (nSPS) is 14.7. The van der Waals surface area contributed by atoms with Crippen LogP contribution in [0.2, 0.25) is 0 Å². The van der Waals surface area contributed by atoms with E-state index >= 15 is 0 Å². The summed E-state index contributed by atoms with van der Waals surface area (Å²) in [7, 11) is 0. The van der Waals surface area contributed by atoms with E-state index in [2.05, 4.69) is 10.6 Å². The molecule has 2 amide bonds. The van der Waals surface area contributed by atoms with Crippen LogP contribution in [0.15, 0.2) is 0 Å². The van der Waals surface area contributed by atoms with Crippen LogP contribution in [0.1, 0.15) is 46.0 Å². The van der Waals surface area contributed by atoms with E-state index in [4.69, 9.17) is 0 Å². The maximum absolute atomic E-state index is 11.8. The number of aliphatic carboxylic acids is 1. The number of hydrogen-bond donors (Lipinski definition) is 3. The second-order valence-electron chi connectivity index (χ2n) is 5.38. The molecular weight excluding hydrogens is 260 g/mol. The third-order valence-electron chi connectivity index (χ3n) is 4.00. The largest absolute Gasteiger partial charge is 0.481 e. The van der Waals surface area contributed by atoms with Crippen LogP contribution in [0, 0.1) is 11.3 Å². The second kappa shape index (κ2) is 7.26. The number of carbonyl (C=O) groups excluding carboxylic acids is 2. The van der Waals surface area contributed by atoms with Crippen molar-refractivity contribution in [3.05, 3.63) is 0 Å². The summed E-state index contributed by atoms with van der Waals surface area (Å²) < 4.78 is 0. The van der Waals surface area contributed by atoms with Crippen molar-refractivity contribution in [3.8, 4) is 0 Å². The summed E-state index contributed by atoms with van der Waals surface area (Å²) in [5, 5.41) is 14.7. The summed E-state index contributed by atoms with van der Waals surface area (Å²) in [6.45, 7) is 4.28. The molecule has 6 nitrogen and oxygen atoms in total. The highest BCUT2D eigenvalue weighted by Crippen LogP contribution is 2.30. The Morgan fingerprint density at radius 2 is 1.65 bits per heavy atom. The van der Waals surface area contributed by atoms with Crippen molar-refractivity contribution in [2.75, 3.05) is 13.1 Å². The smallest absolute Gasteiger partial charge is 0.310 e. The van der Waals surface area contributed by atoms with Crippen molar-refractivity contribution >= 4 is 17.8 Å². The van der Waals surface area contributed by atoms with Crippen LogP contribution in [-0.4, -0.2) is 36.0 Å². The average molecular weight is 284 g/mol. The summed E-state index contributed by atoms with van der Waals surface area (Å²) in [6, 6.07) is 0. The molecule has 0 radical (unpaired) electrons. The summed E-state index contributed by atoms with van der Waals surface area (Å²) >= 11 is 0. The maximum atomic E-state index is 11.8. The van der Waals surface area contributed by atoms with E-state index in [9.17, 15) is 19.5 Å². The molecule has 114 valence electrons. The van der Waals surface area contributed by atoms with E-state index in [0.717, 1.165) is 12.8 Å². The molecule has 0 aromatic carbocycles. The Bertz CT molecular complexity index is 373. The zero-order valence-electron chi connectivity index (χ0n) is 12.2. The summed E-state index contributed by atoms with van der Waals surface area (Å²) in [5.74, 6) is -1.01. The fourth-order valence-corrected chi connectivity index (χ4v) is 2.13. The first-order chi connectivity index (χ1) is 9.45. The van der Waals surface area contributed by atoms with E-state index in [-0.39, 0.29) is 24.2 Å². The molecule has 0 aliphatic heterocycles. The minimum atomic E-state index is -0.985. The Hall–Kier alpha value is -1.59. The topological polar surface area (TPSA) is 95.5 Å². The minimum absolute atomic E-state index is 0.0219. The highest BCUT2D eigenvalue weighted by Gasteiger charge is 2.37. The van der Waals surface area contributed by atoms with Gasteiger partial charge in [0.25, 0.3) is 0 Å². The molecule has 1 aliphatic rings. The Morgan fingerprint density at radius 3 is 2.10 bits per heavy atom. The van der Waals surface area contributed by atoms with Gasteiger partial charge in [-0.05, 0) is 25.7 Å². The summed E-state index contributed by atoms with van der Waals surface area (Å²) in [5.41, 5.74) is -0.985. The first-order valence-electron chi connectivity index (χ1n) is 7.23. The molecule has 1 aliphatic carbocycles. The molecule has 20 heavy (non-hydrogen) atoms. The van der Waals surface area contributed by atoms with Crippen molar-refractivity contribution in [2.24, 2.45) is 11.3 Å². The molecule has 0 aromatic rings. The monoisotopic (exact) mass is 284 g/mol. The van der Waals surface area contributed by atoms with Gasteiger partial charge in [-0.2, -0.15) is 0 Å². The van der Waals surface area contributed by atoms with Crippen LogP contribution in [0.5, 0.6) is 0 Å². The molecule has 0 unspecified atom stereocenters. The fourth-order valence-electron chi connectivity index (χ4n) is 2.13. The van der Waals surface area contributed by atoms with Gasteiger partial charge in [-0.15, -0.1) is 0 Å². The third-order valence-corrected chi connectivity index (χ3v) is 4.00. The lowest BCUT2D eigenvalue weighted by atomic mass is 9.79. The molecular formula is C14H24N2O4. The molecule has 1 saturated carbocycles. The Labute approximate surface area is 119 Å². The van der Waals surface area contributed by atoms with Crippen LogP contribution >= 0.6 is 0 Å². The number of nitrogens with one attached hydrogen (secondary N) is 2. The van der Waals surface area contributed by atoms with Crippen molar-refractivity contribution in [3.63, 3.8) is 0 Å². The van der Waals surface area contributed by atoms with Crippen molar-refractivity contribution in [1.82, 2.24) is 10.6 Å². The van der Waals surface area contributed by atoms with Gasteiger partial charge in [-0.25, -0.2) is 0 Å². The van der Waals surface area contributed by atoms with Crippen molar-refractivity contribution in [2.45, 2.75) is 46.0 Å². The zero-order valence-corrected chi connectivity index (χ0v) is 12.2. The summed E-state index contributed by atoms with van der Waals surface area (Å²) in [6.07, 6.45) is 2.72. The first kappa shape index (κ1) is 16.5. The Morgan fingerprint density at radius 1 is 1.10 bits per heavy atom. The second-order valence-corrected chi connectivity index (χ2v) is 5.38. The van der Waals surface area contributed by atoms with Crippen molar-refractivity contribution in [1.29, 1.82) is 0 Å².